The molecule has 0 bridgehead atoms. The molecule has 0 aliphatic heterocycles. The first-order valence-electron chi connectivity index (χ1n) is 11.3. The number of ether oxygens (including phenoxy) is 3. The SMILES string of the molecule is CCOC(=O)c1cn(C(COC(=O)OC)C(C)C)c2cc(F)c(Cc3cccc(Cl)c3F)cc2c1=O. The van der Waals surface area contributed by atoms with E-state index in [1.165, 1.54) is 36.1 Å². The molecular weight excluding hydrogens is 496 g/mol. The number of hydrogen-bond acceptors (Lipinski definition) is 6. The number of fused-ring (bicyclic) bond motifs is 1. The number of aromatic nitrogens is 1. The van der Waals surface area contributed by atoms with Crippen molar-refractivity contribution in [2.75, 3.05) is 20.3 Å². The first kappa shape index (κ1) is 27.1. The quantitative estimate of drug-likeness (QED) is 0.355. The Kier molecular flexibility index (Phi) is 8.68. The average molecular weight is 522 g/mol. The Balaban J connectivity index is 2.24. The number of hydrogen-bond donors (Lipinski definition) is 0. The van der Waals surface area contributed by atoms with Crippen molar-refractivity contribution in [1.82, 2.24) is 4.57 Å². The summed E-state index contributed by atoms with van der Waals surface area (Å²) in [7, 11) is 1.17. The molecule has 0 fully saturated rings. The van der Waals surface area contributed by atoms with Gasteiger partial charge in [-0.25, -0.2) is 18.4 Å². The lowest BCUT2D eigenvalue weighted by atomic mass is 9.99. The number of nitrogens with zero attached hydrogens (tertiary/aromatic N) is 1. The molecule has 1 unspecified atom stereocenters. The van der Waals surface area contributed by atoms with E-state index in [0.717, 1.165) is 6.07 Å². The number of carbonyl (C=O) groups excluding carboxylic acids is 2. The summed E-state index contributed by atoms with van der Waals surface area (Å²) in [6.07, 6.45) is 0.202. The Morgan fingerprint density at radius 2 is 1.83 bits per heavy atom. The van der Waals surface area contributed by atoms with Gasteiger partial charge < -0.3 is 18.8 Å². The van der Waals surface area contributed by atoms with Crippen molar-refractivity contribution >= 4 is 34.6 Å². The second kappa shape index (κ2) is 11.5. The average Bonchev–Trinajstić information content (AvgIpc) is 2.83. The zero-order valence-corrected chi connectivity index (χ0v) is 21.0. The zero-order chi connectivity index (χ0) is 26.6. The van der Waals surface area contributed by atoms with Crippen molar-refractivity contribution in [3.8, 4) is 0 Å². The standard InChI is InChI=1S/C26H26ClF2NO6/c1-5-35-25(32)18-12-30(22(14(2)3)13-36-26(33)34-4)21-11-20(28)16(10-17(21)24(18)31)9-15-7-6-8-19(27)23(15)29/h6-8,10-12,14,22H,5,9,13H2,1-4H3. The normalized spacial score (nSPS) is 12.0. The van der Waals surface area contributed by atoms with Crippen molar-refractivity contribution in [3.05, 3.63) is 80.1 Å². The number of rotatable bonds is 8. The van der Waals surface area contributed by atoms with Crippen LogP contribution in [0.2, 0.25) is 5.02 Å². The number of benzene rings is 2. The van der Waals surface area contributed by atoms with Crippen molar-refractivity contribution in [3.63, 3.8) is 0 Å². The molecule has 7 nitrogen and oxygen atoms in total. The van der Waals surface area contributed by atoms with Gasteiger partial charge in [0.15, 0.2) is 0 Å². The minimum atomic E-state index is -0.909. The number of carbonyl (C=O) groups is 2. The summed E-state index contributed by atoms with van der Waals surface area (Å²) in [5.41, 5.74) is -0.564. The third-order valence-electron chi connectivity index (χ3n) is 5.77. The molecule has 3 rings (SSSR count). The molecule has 0 N–H and O–H groups in total. The Bertz CT molecular complexity index is 1350. The largest absolute Gasteiger partial charge is 0.508 e. The van der Waals surface area contributed by atoms with Crippen molar-refractivity contribution < 1.29 is 32.6 Å². The van der Waals surface area contributed by atoms with Gasteiger partial charge in [0, 0.05) is 18.0 Å². The van der Waals surface area contributed by atoms with Crippen LogP contribution in [0.1, 0.15) is 48.3 Å². The molecule has 1 aromatic heterocycles. The maximum absolute atomic E-state index is 15.3. The highest BCUT2D eigenvalue weighted by atomic mass is 35.5. The third-order valence-corrected chi connectivity index (χ3v) is 6.07. The molecule has 2 aromatic carbocycles. The van der Waals surface area contributed by atoms with Gasteiger partial charge in [-0.3, -0.25) is 4.79 Å². The van der Waals surface area contributed by atoms with Gasteiger partial charge in [-0.15, -0.1) is 0 Å². The summed E-state index contributed by atoms with van der Waals surface area (Å²) in [6, 6.07) is 6.25. The van der Waals surface area contributed by atoms with Crippen LogP contribution in [-0.4, -0.2) is 37.0 Å². The van der Waals surface area contributed by atoms with Gasteiger partial charge in [-0.2, -0.15) is 0 Å². The minimum Gasteiger partial charge on any atom is -0.462 e. The highest BCUT2D eigenvalue weighted by molar-refractivity contribution is 6.30. The fraction of sp³-hybridized carbons (Fsp3) is 0.346. The van der Waals surface area contributed by atoms with Crippen LogP contribution in [0.25, 0.3) is 10.9 Å². The van der Waals surface area contributed by atoms with E-state index in [-0.39, 0.29) is 58.2 Å². The molecule has 0 radical (unpaired) electrons. The predicted molar refractivity (Wildman–Crippen MR) is 131 cm³/mol. The lowest BCUT2D eigenvalue weighted by Gasteiger charge is -2.26. The maximum Gasteiger partial charge on any atom is 0.508 e. The summed E-state index contributed by atoms with van der Waals surface area (Å²) in [5.74, 6) is -2.38. The van der Waals surface area contributed by atoms with Gasteiger partial charge in [-0.1, -0.05) is 37.6 Å². The molecule has 3 aromatic rings. The van der Waals surface area contributed by atoms with E-state index in [1.54, 1.807) is 13.0 Å². The number of pyridine rings is 1. The van der Waals surface area contributed by atoms with Crippen LogP contribution in [0.5, 0.6) is 0 Å². The van der Waals surface area contributed by atoms with Crippen LogP contribution in [0, 0.1) is 17.6 Å². The minimum absolute atomic E-state index is 0.0307. The Morgan fingerprint density at radius 3 is 2.47 bits per heavy atom. The van der Waals surface area contributed by atoms with E-state index in [1.807, 2.05) is 13.8 Å². The molecule has 10 heteroatoms. The lowest BCUT2D eigenvalue weighted by molar-refractivity contribution is 0.0510. The summed E-state index contributed by atoms with van der Waals surface area (Å²) in [5, 5.41) is -0.0749. The van der Waals surface area contributed by atoms with E-state index in [4.69, 9.17) is 21.1 Å². The van der Waals surface area contributed by atoms with E-state index >= 15 is 4.39 Å². The van der Waals surface area contributed by atoms with Gasteiger partial charge in [0.1, 0.15) is 23.8 Å². The first-order chi connectivity index (χ1) is 17.1. The second-order valence-electron chi connectivity index (χ2n) is 8.43. The number of esters is 1. The zero-order valence-electron chi connectivity index (χ0n) is 20.3. The molecule has 0 aliphatic carbocycles. The van der Waals surface area contributed by atoms with Crippen LogP contribution in [-0.2, 0) is 20.6 Å². The van der Waals surface area contributed by atoms with E-state index in [9.17, 15) is 18.8 Å². The molecule has 36 heavy (non-hydrogen) atoms. The Morgan fingerprint density at radius 1 is 1.11 bits per heavy atom. The van der Waals surface area contributed by atoms with Crippen molar-refractivity contribution in [2.24, 2.45) is 5.92 Å². The molecule has 1 atom stereocenters. The fourth-order valence-corrected chi connectivity index (χ4v) is 4.07. The Hall–Kier alpha value is -3.46. The molecular formula is C26H26ClF2NO6. The highest BCUT2D eigenvalue weighted by Crippen LogP contribution is 2.28. The third kappa shape index (κ3) is 5.67. The molecule has 0 saturated heterocycles. The lowest BCUT2D eigenvalue weighted by Crippen LogP contribution is -2.28. The second-order valence-corrected chi connectivity index (χ2v) is 8.83. The number of methoxy groups -OCH3 is 1. The molecule has 0 spiro atoms. The van der Waals surface area contributed by atoms with Crippen LogP contribution in [0.15, 0.2) is 41.3 Å². The van der Waals surface area contributed by atoms with E-state index in [2.05, 4.69) is 4.74 Å². The topological polar surface area (TPSA) is 83.8 Å². The molecule has 1 heterocycles. The summed E-state index contributed by atoms with van der Waals surface area (Å²) < 4.78 is 46.0. The van der Waals surface area contributed by atoms with Gasteiger partial charge in [0.2, 0.25) is 5.43 Å². The molecule has 0 aliphatic rings. The van der Waals surface area contributed by atoms with Crippen LogP contribution >= 0.6 is 11.6 Å². The molecule has 0 amide bonds. The summed E-state index contributed by atoms with van der Waals surface area (Å²) >= 11 is 5.85. The van der Waals surface area contributed by atoms with E-state index in [0.29, 0.717) is 0 Å². The fourth-order valence-electron chi connectivity index (χ4n) is 3.88. The van der Waals surface area contributed by atoms with Gasteiger partial charge in [0.05, 0.1) is 30.3 Å². The maximum atomic E-state index is 15.3. The van der Waals surface area contributed by atoms with Gasteiger partial charge >= 0.3 is 12.1 Å². The Labute approximate surface area is 211 Å². The molecule has 192 valence electrons. The van der Waals surface area contributed by atoms with Crippen LogP contribution in [0.3, 0.4) is 0 Å². The van der Waals surface area contributed by atoms with Crippen LogP contribution < -0.4 is 5.43 Å². The predicted octanol–water partition coefficient (Wildman–Crippen LogP) is 5.68. The van der Waals surface area contributed by atoms with Crippen molar-refractivity contribution in [2.45, 2.75) is 33.2 Å². The van der Waals surface area contributed by atoms with Gasteiger partial charge in [-0.05, 0) is 42.2 Å². The van der Waals surface area contributed by atoms with Crippen LogP contribution in [0.4, 0.5) is 13.6 Å². The smallest absolute Gasteiger partial charge is 0.462 e. The van der Waals surface area contributed by atoms with Gasteiger partial charge in [0.25, 0.3) is 0 Å². The monoisotopic (exact) mass is 521 g/mol. The van der Waals surface area contributed by atoms with E-state index < -0.39 is 35.2 Å². The van der Waals surface area contributed by atoms with Crippen molar-refractivity contribution in [1.29, 1.82) is 0 Å². The summed E-state index contributed by atoms with van der Waals surface area (Å²) in [4.78, 5) is 37.5. The number of halogens is 3. The molecule has 0 saturated carbocycles. The summed E-state index contributed by atoms with van der Waals surface area (Å²) in [6.45, 7) is 5.16. The highest BCUT2D eigenvalue weighted by Gasteiger charge is 2.25. The first-order valence-corrected chi connectivity index (χ1v) is 11.6.